The van der Waals surface area contributed by atoms with Crippen LogP contribution < -0.4 is 0 Å². The van der Waals surface area contributed by atoms with E-state index in [0.717, 1.165) is 5.56 Å². The van der Waals surface area contributed by atoms with Crippen LogP contribution in [0.2, 0.25) is 0 Å². The fraction of sp³-hybridized carbons (Fsp3) is 0.429. The molecule has 1 unspecified atom stereocenters. The molecule has 0 aliphatic carbocycles. The van der Waals surface area contributed by atoms with Crippen molar-refractivity contribution in [2.24, 2.45) is 0 Å². The predicted molar refractivity (Wildman–Crippen MR) is 68.7 cm³/mol. The van der Waals surface area contributed by atoms with Gasteiger partial charge in [0.05, 0.1) is 6.61 Å². The fourth-order valence-corrected chi connectivity index (χ4v) is 1.75. The summed E-state index contributed by atoms with van der Waals surface area (Å²) in [7, 11) is 0. The number of carbonyl (C=O) groups is 2. The van der Waals surface area contributed by atoms with Crippen molar-refractivity contribution in [1.82, 2.24) is 0 Å². The van der Waals surface area contributed by atoms with Gasteiger partial charge in [-0.25, -0.2) is 4.79 Å². The second-order valence-electron chi connectivity index (χ2n) is 4.24. The Morgan fingerprint density at radius 3 is 2.63 bits per heavy atom. The molecule has 0 bridgehead atoms. The minimum atomic E-state index is -1.54. The van der Waals surface area contributed by atoms with Gasteiger partial charge in [0.2, 0.25) is 0 Å². The third kappa shape index (κ3) is 4.37. The van der Waals surface area contributed by atoms with Crippen LogP contribution in [0.4, 0.5) is 0 Å². The van der Waals surface area contributed by atoms with Crippen LogP contribution in [0.15, 0.2) is 18.2 Å². The summed E-state index contributed by atoms with van der Waals surface area (Å²) in [6, 6.07) is 5.17. The molecule has 0 aromatic heterocycles. The summed E-state index contributed by atoms with van der Waals surface area (Å²) < 4.78 is 4.82. The van der Waals surface area contributed by atoms with Crippen LogP contribution in [0.3, 0.4) is 0 Å². The molecule has 104 valence electrons. The number of carbonyl (C=O) groups excluding carboxylic acids is 1. The van der Waals surface area contributed by atoms with Crippen molar-refractivity contribution < 1.29 is 24.5 Å². The molecule has 0 saturated carbocycles. The molecule has 1 aromatic carbocycles. The molecular formula is C14H18O5. The number of aliphatic hydroxyl groups excluding tert-OH is 1. The number of aryl methyl sites for hydroxylation is 2. The van der Waals surface area contributed by atoms with Crippen LogP contribution in [-0.2, 0) is 20.7 Å². The first-order chi connectivity index (χ1) is 8.95. The summed E-state index contributed by atoms with van der Waals surface area (Å²) >= 11 is 0. The normalized spacial score (nSPS) is 11.9. The number of aliphatic carboxylic acids is 1. The number of rotatable bonds is 6. The highest BCUT2D eigenvalue weighted by atomic mass is 16.5. The van der Waals surface area contributed by atoms with Crippen LogP contribution in [0.5, 0.6) is 0 Å². The average molecular weight is 266 g/mol. The van der Waals surface area contributed by atoms with E-state index < -0.39 is 12.1 Å². The number of hydrogen-bond donors (Lipinski definition) is 2. The van der Waals surface area contributed by atoms with Gasteiger partial charge in [0.15, 0.2) is 6.10 Å². The molecule has 0 saturated heterocycles. The van der Waals surface area contributed by atoms with Crippen molar-refractivity contribution in [2.45, 2.75) is 32.8 Å². The van der Waals surface area contributed by atoms with E-state index in [9.17, 15) is 14.7 Å². The maximum Gasteiger partial charge on any atom is 0.337 e. The monoisotopic (exact) mass is 266 g/mol. The smallest absolute Gasteiger partial charge is 0.337 e. The van der Waals surface area contributed by atoms with E-state index in [1.165, 1.54) is 0 Å². The van der Waals surface area contributed by atoms with Gasteiger partial charge in [-0.15, -0.1) is 0 Å². The van der Waals surface area contributed by atoms with Gasteiger partial charge in [0, 0.05) is 6.42 Å². The minimum absolute atomic E-state index is 0.236. The van der Waals surface area contributed by atoms with Crippen LogP contribution in [-0.4, -0.2) is 28.8 Å². The molecule has 2 N–H and O–H groups in total. The summed E-state index contributed by atoms with van der Waals surface area (Å²) in [5, 5.41) is 18.4. The van der Waals surface area contributed by atoms with Crippen molar-refractivity contribution in [1.29, 1.82) is 0 Å². The molecule has 1 rings (SSSR count). The van der Waals surface area contributed by atoms with E-state index in [4.69, 9.17) is 9.84 Å². The topological polar surface area (TPSA) is 83.8 Å². The number of hydrogen-bond acceptors (Lipinski definition) is 4. The molecule has 1 atom stereocenters. The second kappa shape index (κ2) is 6.89. The maximum absolute atomic E-state index is 11.2. The highest BCUT2D eigenvalue weighted by Crippen LogP contribution is 2.20. The van der Waals surface area contributed by atoms with E-state index in [0.29, 0.717) is 24.2 Å². The Morgan fingerprint density at radius 1 is 1.37 bits per heavy atom. The van der Waals surface area contributed by atoms with Gasteiger partial charge in [-0.1, -0.05) is 18.2 Å². The molecule has 0 heterocycles. The van der Waals surface area contributed by atoms with Crippen molar-refractivity contribution in [2.75, 3.05) is 6.61 Å². The van der Waals surface area contributed by atoms with Crippen LogP contribution in [0, 0.1) is 6.92 Å². The van der Waals surface area contributed by atoms with E-state index in [2.05, 4.69) is 0 Å². The number of aliphatic hydroxyl groups is 1. The largest absolute Gasteiger partial charge is 0.479 e. The first-order valence-corrected chi connectivity index (χ1v) is 6.11. The minimum Gasteiger partial charge on any atom is -0.479 e. The zero-order chi connectivity index (χ0) is 14.4. The Kier molecular flexibility index (Phi) is 5.51. The highest BCUT2D eigenvalue weighted by Gasteiger charge is 2.18. The van der Waals surface area contributed by atoms with Crippen LogP contribution >= 0.6 is 0 Å². The van der Waals surface area contributed by atoms with Crippen molar-refractivity contribution in [3.63, 3.8) is 0 Å². The lowest BCUT2D eigenvalue weighted by molar-refractivity contribution is -0.147. The van der Waals surface area contributed by atoms with Gasteiger partial charge >= 0.3 is 11.9 Å². The molecule has 0 spiro atoms. The summed E-state index contributed by atoms with van der Waals surface area (Å²) in [5.74, 6) is -1.57. The number of carboxylic acid groups (broad SMARTS) is 1. The second-order valence-corrected chi connectivity index (χ2v) is 4.24. The third-order valence-electron chi connectivity index (χ3n) is 2.80. The lowest BCUT2D eigenvalue weighted by Gasteiger charge is -2.11. The Morgan fingerprint density at radius 2 is 2.05 bits per heavy atom. The lowest BCUT2D eigenvalue weighted by atomic mass is 9.98. The number of esters is 1. The molecule has 0 aliphatic rings. The Labute approximate surface area is 111 Å². The van der Waals surface area contributed by atoms with Crippen molar-refractivity contribution in [3.05, 3.63) is 34.9 Å². The van der Waals surface area contributed by atoms with E-state index >= 15 is 0 Å². The molecule has 0 amide bonds. The van der Waals surface area contributed by atoms with Crippen LogP contribution in [0.25, 0.3) is 0 Å². The van der Waals surface area contributed by atoms with E-state index in [1.54, 1.807) is 26.0 Å². The first kappa shape index (κ1) is 15.2. The molecule has 0 aliphatic heterocycles. The summed E-state index contributed by atoms with van der Waals surface area (Å²) in [6.45, 7) is 3.82. The molecule has 0 radical (unpaired) electrons. The van der Waals surface area contributed by atoms with Gasteiger partial charge in [-0.2, -0.15) is 0 Å². The Hall–Kier alpha value is -1.88. The fourth-order valence-electron chi connectivity index (χ4n) is 1.75. The number of benzene rings is 1. The summed E-state index contributed by atoms with van der Waals surface area (Å²) in [4.78, 5) is 22.0. The zero-order valence-corrected chi connectivity index (χ0v) is 11.0. The molecule has 19 heavy (non-hydrogen) atoms. The quantitative estimate of drug-likeness (QED) is 0.764. The standard InChI is InChI=1S/C14H18O5/c1-3-19-12(15)7-6-10-5-4-9(2)11(8-10)13(16)14(17)18/h4-5,8,13,16H,3,6-7H2,1-2H3,(H,17,18). The Balaban J connectivity index is 2.79. The van der Waals surface area contributed by atoms with Crippen molar-refractivity contribution in [3.8, 4) is 0 Å². The summed E-state index contributed by atoms with van der Waals surface area (Å²) in [5.41, 5.74) is 1.86. The van der Waals surface area contributed by atoms with Gasteiger partial charge in [-0.3, -0.25) is 4.79 Å². The number of ether oxygens (including phenoxy) is 1. The highest BCUT2D eigenvalue weighted by molar-refractivity contribution is 5.74. The van der Waals surface area contributed by atoms with Crippen LogP contribution in [0.1, 0.15) is 36.1 Å². The Bertz CT molecular complexity index is 467. The zero-order valence-electron chi connectivity index (χ0n) is 11.0. The van der Waals surface area contributed by atoms with Gasteiger partial charge in [0.25, 0.3) is 0 Å². The van der Waals surface area contributed by atoms with Gasteiger partial charge < -0.3 is 14.9 Å². The molecule has 1 aromatic rings. The van der Waals surface area contributed by atoms with Gasteiger partial charge in [0.1, 0.15) is 0 Å². The lowest BCUT2D eigenvalue weighted by Crippen LogP contribution is -2.12. The maximum atomic E-state index is 11.2. The first-order valence-electron chi connectivity index (χ1n) is 6.11. The van der Waals surface area contributed by atoms with E-state index in [1.807, 2.05) is 6.07 Å². The molecule has 0 fully saturated rings. The van der Waals surface area contributed by atoms with Gasteiger partial charge in [-0.05, 0) is 37.0 Å². The molecular weight excluding hydrogens is 248 g/mol. The molecule has 5 nitrogen and oxygen atoms in total. The van der Waals surface area contributed by atoms with E-state index in [-0.39, 0.29) is 12.4 Å². The predicted octanol–water partition coefficient (Wildman–Crippen LogP) is 1.61. The third-order valence-corrected chi connectivity index (χ3v) is 2.80. The SMILES string of the molecule is CCOC(=O)CCc1ccc(C)c(C(O)C(=O)O)c1. The van der Waals surface area contributed by atoms with Crippen molar-refractivity contribution >= 4 is 11.9 Å². The average Bonchev–Trinajstić information content (AvgIpc) is 2.37. The molecule has 5 heteroatoms. The summed E-state index contributed by atoms with van der Waals surface area (Å²) in [6.07, 6.45) is -0.847. The number of carboxylic acids is 1.